The number of carboxylic acid groups (broad SMARTS) is 2. The Labute approximate surface area is 61.1 Å². The van der Waals surface area contributed by atoms with Crippen molar-refractivity contribution < 1.29 is 34.0 Å². The fourth-order valence-electron chi connectivity index (χ4n) is 0.218. The van der Waals surface area contributed by atoms with Gasteiger partial charge in [0, 0.05) is 0 Å². The highest BCUT2D eigenvalue weighted by molar-refractivity contribution is 5.56. The zero-order valence-electron chi connectivity index (χ0n) is 5.35. The Kier molecular flexibility index (Phi) is 4.58. The second-order valence-electron chi connectivity index (χ2n) is 1.26. The van der Waals surface area contributed by atoms with Gasteiger partial charge >= 0.3 is 12.3 Å². The Morgan fingerprint density at radius 3 is 1.64 bits per heavy atom. The van der Waals surface area contributed by atoms with E-state index in [-0.39, 0.29) is 0 Å². The van der Waals surface area contributed by atoms with Gasteiger partial charge in [-0.2, -0.15) is 0 Å². The smallest absolute Gasteiger partial charge is 0.450 e. The largest absolute Gasteiger partial charge is 0.507 e. The maximum Gasteiger partial charge on any atom is 0.507 e. The van der Waals surface area contributed by atoms with Gasteiger partial charge in [0.05, 0.1) is 0 Å². The maximum absolute atomic E-state index is 9.64. The third-order valence-electron chi connectivity index (χ3n) is 0.531. The molecule has 0 saturated heterocycles. The van der Waals surface area contributed by atoms with Gasteiger partial charge in [-0.1, -0.05) is 0 Å². The molecule has 11 heavy (non-hydrogen) atoms. The first-order valence-corrected chi connectivity index (χ1v) is 2.42. The minimum atomic E-state index is -1.50. The molecule has 0 aromatic heterocycles. The second-order valence-corrected chi connectivity index (χ2v) is 1.26. The molecule has 0 rings (SSSR count). The molecule has 0 aromatic rings. The molecule has 0 heterocycles. The zero-order chi connectivity index (χ0) is 8.69. The topological polar surface area (TPSA) is 102 Å². The molecule has 7 heteroatoms. The summed E-state index contributed by atoms with van der Waals surface area (Å²) >= 11 is 0. The van der Waals surface area contributed by atoms with Crippen LogP contribution in [0.2, 0.25) is 0 Å². The van der Waals surface area contributed by atoms with Crippen molar-refractivity contribution in [3.63, 3.8) is 0 Å². The van der Waals surface area contributed by atoms with Crippen LogP contribution in [0.1, 0.15) is 0 Å². The lowest BCUT2D eigenvalue weighted by atomic mass is 11.2. The highest BCUT2D eigenvalue weighted by Gasteiger charge is 1.97. The minimum absolute atomic E-state index is 0.553. The van der Waals surface area contributed by atoms with Crippen LogP contribution in [0.15, 0.2) is 0 Å². The van der Waals surface area contributed by atoms with Crippen LogP contribution in [-0.4, -0.2) is 36.1 Å². The van der Waals surface area contributed by atoms with E-state index in [1.165, 1.54) is 0 Å². The lowest BCUT2D eigenvalue weighted by molar-refractivity contribution is -0.100. The van der Waals surface area contributed by atoms with Crippen molar-refractivity contribution in [2.24, 2.45) is 0 Å². The summed E-state index contributed by atoms with van der Waals surface area (Å²) in [4.78, 5) is 19.3. The van der Waals surface area contributed by atoms with Gasteiger partial charge < -0.3 is 24.4 Å². The maximum atomic E-state index is 9.64. The molecule has 7 nitrogen and oxygen atoms in total. The van der Waals surface area contributed by atoms with E-state index in [1.807, 2.05) is 0 Å². The summed E-state index contributed by atoms with van der Waals surface area (Å²) in [6.45, 7) is -1.11. The minimum Gasteiger partial charge on any atom is -0.450 e. The lowest BCUT2D eigenvalue weighted by Crippen LogP contribution is -2.10. The molecule has 0 saturated carbocycles. The Morgan fingerprint density at radius 2 is 1.36 bits per heavy atom. The van der Waals surface area contributed by atoms with Gasteiger partial charge in [0.1, 0.15) is 0 Å². The third-order valence-corrected chi connectivity index (χ3v) is 0.531. The number of carbonyl (C=O) groups is 2. The SMILES string of the molecule is O=C(O)OCOCOC(=O)O. The molecular weight excluding hydrogens is 160 g/mol. The van der Waals surface area contributed by atoms with Crippen LogP contribution in [0.3, 0.4) is 0 Å². The zero-order valence-corrected chi connectivity index (χ0v) is 5.35. The second kappa shape index (κ2) is 5.30. The molecule has 0 unspecified atom stereocenters. The molecule has 0 fully saturated rings. The molecule has 0 bridgehead atoms. The highest BCUT2D eigenvalue weighted by atomic mass is 16.8. The Balaban J connectivity index is 3.03. The summed E-state index contributed by atoms with van der Waals surface area (Å²) in [5.74, 6) is 0. The van der Waals surface area contributed by atoms with E-state index >= 15 is 0 Å². The number of hydrogen-bond donors (Lipinski definition) is 2. The Hall–Kier alpha value is -1.50. The lowest BCUT2D eigenvalue weighted by Gasteiger charge is -2.01. The molecule has 0 aromatic carbocycles. The van der Waals surface area contributed by atoms with Crippen molar-refractivity contribution in [3.8, 4) is 0 Å². The van der Waals surface area contributed by atoms with Gasteiger partial charge in [-0.15, -0.1) is 0 Å². The van der Waals surface area contributed by atoms with Crippen molar-refractivity contribution in [1.82, 2.24) is 0 Å². The molecule has 0 spiro atoms. The summed E-state index contributed by atoms with van der Waals surface area (Å²) < 4.78 is 11.9. The first-order chi connectivity index (χ1) is 5.13. The van der Waals surface area contributed by atoms with Gasteiger partial charge in [-0.05, 0) is 0 Å². The fraction of sp³-hybridized carbons (Fsp3) is 0.500. The molecule has 2 N–H and O–H groups in total. The van der Waals surface area contributed by atoms with Crippen molar-refractivity contribution in [1.29, 1.82) is 0 Å². The predicted molar refractivity (Wildman–Crippen MR) is 29.0 cm³/mol. The van der Waals surface area contributed by atoms with Crippen LogP contribution in [-0.2, 0) is 14.2 Å². The average Bonchev–Trinajstić information content (AvgIpc) is 1.85. The van der Waals surface area contributed by atoms with E-state index in [9.17, 15) is 9.59 Å². The Bertz CT molecular complexity index is 125. The number of rotatable bonds is 4. The van der Waals surface area contributed by atoms with Crippen LogP contribution in [0, 0.1) is 0 Å². The summed E-state index contributed by atoms with van der Waals surface area (Å²) in [5.41, 5.74) is 0. The van der Waals surface area contributed by atoms with Crippen molar-refractivity contribution in [2.75, 3.05) is 13.6 Å². The first kappa shape index (κ1) is 9.50. The van der Waals surface area contributed by atoms with Crippen LogP contribution in [0.5, 0.6) is 0 Å². The monoisotopic (exact) mass is 166 g/mol. The van der Waals surface area contributed by atoms with Crippen LogP contribution in [0.4, 0.5) is 9.59 Å². The molecule has 0 radical (unpaired) electrons. The standard InChI is InChI=1S/C4H6O7/c5-3(6)10-1-9-2-11-4(7)8/h1-2H2,(H,5,6)(H,7,8). The molecule has 0 atom stereocenters. The van der Waals surface area contributed by atoms with E-state index in [0.717, 1.165) is 0 Å². The summed E-state index contributed by atoms with van der Waals surface area (Å²) in [6.07, 6.45) is -3.00. The van der Waals surface area contributed by atoms with E-state index in [1.54, 1.807) is 0 Å². The third kappa shape index (κ3) is 8.50. The molecule has 0 amide bonds. The van der Waals surface area contributed by atoms with Crippen LogP contribution < -0.4 is 0 Å². The van der Waals surface area contributed by atoms with Gasteiger partial charge in [-0.3, -0.25) is 0 Å². The van der Waals surface area contributed by atoms with Crippen molar-refractivity contribution >= 4 is 12.3 Å². The number of ether oxygens (including phenoxy) is 3. The van der Waals surface area contributed by atoms with E-state index < -0.39 is 25.9 Å². The van der Waals surface area contributed by atoms with Gasteiger partial charge in [0.15, 0.2) is 13.6 Å². The summed E-state index contributed by atoms with van der Waals surface area (Å²) in [7, 11) is 0. The van der Waals surface area contributed by atoms with Crippen LogP contribution in [0.25, 0.3) is 0 Å². The average molecular weight is 166 g/mol. The van der Waals surface area contributed by atoms with E-state index in [4.69, 9.17) is 10.2 Å². The number of hydrogen-bond acceptors (Lipinski definition) is 5. The highest BCUT2D eigenvalue weighted by Crippen LogP contribution is 1.81. The Morgan fingerprint density at radius 1 is 1.00 bits per heavy atom. The van der Waals surface area contributed by atoms with Gasteiger partial charge in [0.2, 0.25) is 0 Å². The summed E-state index contributed by atoms with van der Waals surface area (Å²) in [6, 6.07) is 0. The quantitative estimate of drug-likeness (QED) is 0.352. The van der Waals surface area contributed by atoms with Gasteiger partial charge in [-0.25, -0.2) is 9.59 Å². The normalized spacial score (nSPS) is 8.73. The molecular formula is C4H6O7. The van der Waals surface area contributed by atoms with E-state index in [0.29, 0.717) is 0 Å². The van der Waals surface area contributed by atoms with E-state index in [2.05, 4.69) is 14.2 Å². The summed E-state index contributed by atoms with van der Waals surface area (Å²) in [5, 5.41) is 15.7. The first-order valence-electron chi connectivity index (χ1n) is 2.42. The molecule has 0 aliphatic rings. The van der Waals surface area contributed by atoms with Crippen LogP contribution >= 0.6 is 0 Å². The van der Waals surface area contributed by atoms with Crippen molar-refractivity contribution in [2.45, 2.75) is 0 Å². The van der Waals surface area contributed by atoms with Crippen molar-refractivity contribution in [3.05, 3.63) is 0 Å². The molecule has 0 aliphatic heterocycles. The molecule has 0 aliphatic carbocycles. The fourth-order valence-corrected chi connectivity index (χ4v) is 0.218. The predicted octanol–water partition coefficient (Wildman–Crippen LogP) is 0.307. The molecule has 64 valence electrons. The van der Waals surface area contributed by atoms with Gasteiger partial charge in [0.25, 0.3) is 0 Å².